The lowest BCUT2D eigenvalue weighted by Gasteiger charge is -2.21. The first-order valence-electron chi connectivity index (χ1n) is 10.7. The van der Waals surface area contributed by atoms with Gasteiger partial charge in [0.05, 0.1) is 22.8 Å². The van der Waals surface area contributed by atoms with E-state index in [0.29, 0.717) is 12.0 Å². The maximum absolute atomic E-state index is 13.4. The maximum atomic E-state index is 13.4. The monoisotopic (exact) mass is 457 g/mol. The average molecular weight is 457 g/mol. The topological polar surface area (TPSA) is 107 Å². The van der Waals surface area contributed by atoms with Gasteiger partial charge in [-0.3, -0.25) is 19.3 Å². The van der Waals surface area contributed by atoms with Gasteiger partial charge in [-0.2, -0.15) is 0 Å². The summed E-state index contributed by atoms with van der Waals surface area (Å²) in [7, 11) is 0. The van der Waals surface area contributed by atoms with Gasteiger partial charge in [-0.15, -0.1) is 0 Å². The Morgan fingerprint density at radius 3 is 2.32 bits per heavy atom. The van der Waals surface area contributed by atoms with Crippen LogP contribution in [0.5, 0.6) is 5.75 Å². The fourth-order valence-corrected chi connectivity index (χ4v) is 3.96. The molecule has 1 atom stereocenters. The molecular formula is C26H19NO7. The van der Waals surface area contributed by atoms with E-state index >= 15 is 0 Å². The summed E-state index contributed by atoms with van der Waals surface area (Å²) in [5.41, 5.74) is 1.07. The van der Waals surface area contributed by atoms with Crippen molar-refractivity contribution >= 4 is 28.8 Å². The Bertz CT molecular complexity index is 1480. The van der Waals surface area contributed by atoms with Crippen LogP contribution in [0.25, 0.3) is 22.5 Å². The summed E-state index contributed by atoms with van der Waals surface area (Å²) >= 11 is 0. The van der Waals surface area contributed by atoms with E-state index in [4.69, 9.17) is 13.6 Å². The Hall–Kier alpha value is -4.46. The Morgan fingerprint density at radius 2 is 1.71 bits per heavy atom. The SMILES string of the molecule is CCc1ccc2oc(-c3ccco3)c(OC(=O)C(C)N3C(=O)c4ccccc4C3=O)c(=O)c2c1. The molecule has 0 N–H and O–H groups in total. The van der Waals surface area contributed by atoms with E-state index in [2.05, 4.69) is 0 Å². The molecule has 8 nitrogen and oxygen atoms in total. The molecule has 0 spiro atoms. The molecule has 0 saturated heterocycles. The smallest absolute Gasteiger partial charge is 0.334 e. The Kier molecular flexibility index (Phi) is 5.13. The highest BCUT2D eigenvalue weighted by Gasteiger charge is 2.41. The molecule has 2 amide bonds. The van der Waals surface area contributed by atoms with Crippen LogP contribution in [0.4, 0.5) is 0 Å². The molecule has 2 aromatic carbocycles. The molecule has 1 unspecified atom stereocenters. The van der Waals surface area contributed by atoms with Gasteiger partial charge in [0.2, 0.25) is 16.9 Å². The average Bonchev–Trinajstić information content (AvgIpc) is 3.47. The summed E-state index contributed by atoms with van der Waals surface area (Å²) in [4.78, 5) is 52.8. The lowest BCUT2D eigenvalue weighted by Crippen LogP contribution is -2.45. The summed E-state index contributed by atoms with van der Waals surface area (Å²) in [5, 5.41) is 0.242. The Morgan fingerprint density at radius 1 is 1.00 bits per heavy atom. The van der Waals surface area contributed by atoms with Crippen LogP contribution in [-0.4, -0.2) is 28.7 Å². The van der Waals surface area contributed by atoms with Gasteiger partial charge >= 0.3 is 5.97 Å². The first-order chi connectivity index (χ1) is 16.4. The molecule has 4 aromatic rings. The highest BCUT2D eigenvalue weighted by Crippen LogP contribution is 2.32. The standard InChI is InChI=1S/C26H19NO7/c1-3-15-10-11-19-18(13-15)21(28)23(22(33-19)20-9-6-12-32-20)34-26(31)14(2)27-24(29)16-7-4-5-8-17(16)25(27)30/h4-14H,3H2,1-2H3. The second-order valence-corrected chi connectivity index (χ2v) is 7.87. The van der Waals surface area contributed by atoms with Gasteiger partial charge < -0.3 is 13.6 Å². The molecule has 0 saturated carbocycles. The molecule has 1 aliphatic rings. The predicted molar refractivity (Wildman–Crippen MR) is 122 cm³/mol. The van der Waals surface area contributed by atoms with Gasteiger partial charge in [0.1, 0.15) is 11.6 Å². The highest BCUT2D eigenvalue weighted by molar-refractivity contribution is 6.22. The number of carbonyl (C=O) groups is 3. The van der Waals surface area contributed by atoms with Gasteiger partial charge in [-0.05, 0) is 55.3 Å². The number of furan rings is 1. The molecule has 0 aliphatic carbocycles. The van der Waals surface area contributed by atoms with Crippen molar-refractivity contribution in [2.45, 2.75) is 26.3 Å². The van der Waals surface area contributed by atoms with Crippen LogP contribution in [0.15, 0.2) is 74.5 Å². The first-order valence-corrected chi connectivity index (χ1v) is 10.7. The van der Waals surface area contributed by atoms with Crippen LogP contribution in [0.2, 0.25) is 0 Å². The molecule has 3 heterocycles. The van der Waals surface area contributed by atoms with Crippen molar-refractivity contribution in [3.8, 4) is 17.3 Å². The zero-order valence-corrected chi connectivity index (χ0v) is 18.4. The van der Waals surface area contributed by atoms with E-state index in [-0.39, 0.29) is 33.8 Å². The molecule has 34 heavy (non-hydrogen) atoms. The number of carbonyl (C=O) groups excluding carboxylic acids is 3. The first kappa shape index (κ1) is 21.4. The van der Waals surface area contributed by atoms with Gasteiger partial charge in [0, 0.05) is 0 Å². The lowest BCUT2D eigenvalue weighted by atomic mass is 10.1. The molecular weight excluding hydrogens is 438 g/mol. The third kappa shape index (κ3) is 3.31. The van der Waals surface area contributed by atoms with Crippen molar-refractivity contribution in [2.24, 2.45) is 0 Å². The van der Waals surface area contributed by atoms with Crippen LogP contribution in [0, 0.1) is 0 Å². The van der Waals surface area contributed by atoms with Crippen LogP contribution < -0.4 is 10.2 Å². The molecule has 8 heteroatoms. The minimum Gasteiger partial charge on any atom is -0.461 e. The fraction of sp³-hybridized carbons (Fsp3) is 0.154. The van der Waals surface area contributed by atoms with E-state index < -0.39 is 29.3 Å². The van der Waals surface area contributed by atoms with Crippen LogP contribution >= 0.6 is 0 Å². The highest BCUT2D eigenvalue weighted by atomic mass is 16.5. The van der Waals surface area contributed by atoms with Crippen LogP contribution in [-0.2, 0) is 11.2 Å². The number of imide groups is 1. The van der Waals surface area contributed by atoms with E-state index in [1.165, 1.54) is 25.3 Å². The van der Waals surface area contributed by atoms with E-state index in [0.717, 1.165) is 10.5 Å². The number of amides is 2. The van der Waals surface area contributed by atoms with E-state index in [9.17, 15) is 19.2 Å². The number of ether oxygens (including phenoxy) is 1. The number of nitrogens with zero attached hydrogens (tertiary/aromatic N) is 1. The molecule has 2 aromatic heterocycles. The molecule has 170 valence electrons. The predicted octanol–water partition coefficient (Wildman–Crippen LogP) is 4.21. The van der Waals surface area contributed by atoms with Crippen LogP contribution in [0.3, 0.4) is 0 Å². The van der Waals surface area contributed by atoms with Gasteiger partial charge in [0.15, 0.2) is 5.76 Å². The molecule has 0 bridgehead atoms. The molecule has 0 fully saturated rings. The van der Waals surface area contributed by atoms with Gasteiger partial charge in [0.25, 0.3) is 11.8 Å². The van der Waals surface area contributed by atoms with Crippen molar-refractivity contribution in [2.75, 3.05) is 0 Å². The van der Waals surface area contributed by atoms with Crippen molar-refractivity contribution in [1.29, 1.82) is 0 Å². The second kappa shape index (κ2) is 8.15. The fourth-order valence-electron chi connectivity index (χ4n) is 3.96. The Labute approximate surface area is 193 Å². The van der Waals surface area contributed by atoms with E-state index in [1.807, 2.05) is 13.0 Å². The second-order valence-electron chi connectivity index (χ2n) is 7.87. The largest absolute Gasteiger partial charge is 0.461 e. The zero-order valence-electron chi connectivity index (χ0n) is 18.4. The molecule has 1 aliphatic heterocycles. The van der Waals surface area contributed by atoms with E-state index in [1.54, 1.807) is 36.4 Å². The maximum Gasteiger partial charge on any atom is 0.334 e. The summed E-state index contributed by atoms with van der Waals surface area (Å²) < 4.78 is 16.8. The number of hydrogen-bond donors (Lipinski definition) is 0. The Balaban J connectivity index is 1.55. The quantitative estimate of drug-likeness (QED) is 0.326. The van der Waals surface area contributed by atoms with Crippen molar-refractivity contribution in [3.05, 3.63) is 87.8 Å². The normalized spacial score (nSPS) is 13.9. The summed E-state index contributed by atoms with van der Waals surface area (Å²) in [5.74, 6) is -2.40. The zero-order chi connectivity index (χ0) is 24.0. The molecule has 5 rings (SSSR count). The van der Waals surface area contributed by atoms with Crippen molar-refractivity contribution in [3.63, 3.8) is 0 Å². The number of hydrogen-bond acceptors (Lipinski definition) is 7. The number of aryl methyl sites for hydroxylation is 1. The minimum absolute atomic E-state index is 0.0605. The van der Waals surface area contributed by atoms with Crippen molar-refractivity contribution in [1.82, 2.24) is 4.90 Å². The van der Waals surface area contributed by atoms with Crippen molar-refractivity contribution < 1.29 is 28.0 Å². The minimum atomic E-state index is -1.28. The summed E-state index contributed by atoms with van der Waals surface area (Å²) in [6.07, 6.45) is 2.09. The number of rotatable bonds is 5. The number of benzene rings is 2. The summed E-state index contributed by atoms with van der Waals surface area (Å²) in [6, 6.07) is 13.4. The molecule has 0 radical (unpaired) electrons. The summed E-state index contributed by atoms with van der Waals surface area (Å²) in [6.45, 7) is 3.32. The third-order valence-corrected chi connectivity index (χ3v) is 5.82. The van der Waals surface area contributed by atoms with Crippen LogP contribution in [0.1, 0.15) is 40.1 Å². The number of esters is 1. The van der Waals surface area contributed by atoms with Gasteiger partial charge in [-0.25, -0.2) is 4.79 Å². The third-order valence-electron chi connectivity index (χ3n) is 5.82. The lowest BCUT2D eigenvalue weighted by molar-refractivity contribution is -0.138. The van der Waals surface area contributed by atoms with Gasteiger partial charge in [-0.1, -0.05) is 25.1 Å². The number of fused-ring (bicyclic) bond motifs is 2.